The second-order valence-corrected chi connectivity index (χ2v) is 14.2. The standard InChI is InChI=1S/C36H41ClFN5O3/c37-30-19-29-33(32(38)31(30)28-18-26(44)17-24-4-1-2-5-27(24)28)40-35(41-34(29)43-11-6-23-16-25(21-43)39-20-23)46-13-3-10-42-12-7-36(22-42)8-14-45-15-9-36/h1-2,4-5,17-19,23,25,39,44H,3,6-16,20-22H2. The quantitative estimate of drug-likeness (QED) is 0.223. The van der Waals surface area contributed by atoms with Crippen LogP contribution in [0.25, 0.3) is 32.8 Å². The van der Waals surface area contributed by atoms with Crippen LogP contribution in [0.2, 0.25) is 5.02 Å². The van der Waals surface area contributed by atoms with Crippen molar-refractivity contribution < 1.29 is 19.0 Å². The van der Waals surface area contributed by atoms with Crippen LogP contribution in [0.1, 0.15) is 38.5 Å². The number of aromatic hydroxyl groups is 1. The molecule has 46 heavy (non-hydrogen) atoms. The third-order valence-electron chi connectivity index (χ3n) is 10.7. The number of nitrogens with zero attached hydrogens (tertiary/aromatic N) is 4. The number of fused-ring (bicyclic) bond motifs is 4. The molecular formula is C36H41ClFN5O3. The van der Waals surface area contributed by atoms with Gasteiger partial charge in [-0.25, -0.2) is 4.39 Å². The molecule has 2 atom stereocenters. The molecule has 4 aliphatic rings. The zero-order valence-electron chi connectivity index (χ0n) is 26.1. The fourth-order valence-electron chi connectivity index (χ4n) is 8.25. The first kappa shape index (κ1) is 30.1. The summed E-state index contributed by atoms with van der Waals surface area (Å²) < 4.78 is 28.7. The molecule has 1 spiro atoms. The first-order valence-electron chi connectivity index (χ1n) is 16.8. The van der Waals surface area contributed by atoms with Gasteiger partial charge in [0.2, 0.25) is 0 Å². The monoisotopic (exact) mass is 645 g/mol. The lowest BCUT2D eigenvalue weighted by Crippen LogP contribution is -2.39. The lowest BCUT2D eigenvalue weighted by atomic mass is 9.80. The number of anilines is 1. The van der Waals surface area contributed by atoms with Crippen LogP contribution in [0, 0.1) is 17.2 Å². The molecule has 8 rings (SSSR count). The number of nitrogens with one attached hydrogen (secondary N) is 1. The Bertz CT molecular complexity index is 1770. The van der Waals surface area contributed by atoms with Crippen molar-refractivity contribution in [1.29, 1.82) is 0 Å². The number of halogens is 2. The topological polar surface area (TPSA) is 83.0 Å². The van der Waals surface area contributed by atoms with Gasteiger partial charge in [-0.05, 0) is 97.5 Å². The van der Waals surface area contributed by atoms with Gasteiger partial charge in [-0.2, -0.15) is 9.97 Å². The molecule has 4 fully saturated rings. The fourth-order valence-corrected chi connectivity index (χ4v) is 8.54. The van der Waals surface area contributed by atoms with Gasteiger partial charge in [0.15, 0.2) is 5.82 Å². The van der Waals surface area contributed by atoms with Crippen molar-refractivity contribution >= 4 is 39.1 Å². The van der Waals surface area contributed by atoms with Crippen LogP contribution in [0.3, 0.4) is 0 Å². The summed E-state index contributed by atoms with van der Waals surface area (Å²) in [7, 11) is 0. The van der Waals surface area contributed by atoms with Crippen molar-refractivity contribution in [2.24, 2.45) is 11.3 Å². The minimum Gasteiger partial charge on any atom is -0.508 e. The van der Waals surface area contributed by atoms with Gasteiger partial charge in [0, 0.05) is 56.4 Å². The number of hydrogen-bond donors (Lipinski definition) is 2. The van der Waals surface area contributed by atoms with Gasteiger partial charge < -0.3 is 29.7 Å². The Balaban J connectivity index is 1.12. The number of hydrogen-bond acceptors (Lipinski definition) is 8. The molecule has 2 unspecified atom stereocenters. The van der Waals surface area contributed by atoms with Crippen molar-refractivity contribution in [2.45, 2.75) is 44.6 Å². The highest BCUT2D eigenvalue weighted by atomic mass is 35.5. The number of likely N-dealkylation sites (tertiary alicyclic amines) is 1. The summed E-state index contributed by atoms with van der Waals surface area (Å²) in [5.74, 6) is 0.795. The predicted octanol–water partition coefficient (Wildman–Crippen LogP) is 6.41. The number of ether oxygens (including phenoxy) is 2. The largest absolute Gasteiger partial charge is 0.508 e. The van der Waals surface area contributed by atoms with Gasteiger partial charge in [-0.15, -0.1) is 0 Å². The average molecular weight is 646 g/mol. The van der Waals surface area contributed by atoms with Crippen LogP contribution in [-0.2, 0) is 4.74 Å². The maximum atomic E-state index is 16.8. The Hall–Kier alpha value is -3.24. The van der Waals surface area contributed by atoms with E-state index in [-0.39, 0.29) is 27.9 Å². The lowest BCUT2D eigenvalue weighted by molar-refractivity contribution is 0.0192. The van der Waals surface area contributed by atoms with Gasteiger partial charge in [-0.1, -0.05) is 35.9 Å². The Morgan fingerprint density at radius 1 is 1.09 bits per heavy atom. The van der Waals surface area contributed by atoms with Crippen LogP contribution in [-0.4, -0.2) is 85.1 Å². The zero-order chi connectivity index (χ0) is 31.3. The maximum Gasteiger partial charge on any atom is 0.319 e. The van der Waals surface area contributed by atoms with E-state index in [0.29, 0.717) is 40.7 Å². The van der Waals surface area contributed by atoms with Crippen molar-refractivity contribution in [3.05, 3.63) is 53.3 Å². The summed E-state index contributed by atoms with van der Waals surface area (Å²) in [6.07, 6.45) is 6.55. The summed E-state index contributed by atoms with van der Waals surface area (Å²) in [6.45, 7) is 8.03. The van der Waals surface area contributed by atoms with Crippen LogP contribution < -0.4 is 15.0 Å². The van der Waals surface area contributed by atoms with Crippen LogP contribution in [0.5, 0.6) is 11.8 Å². The molecule has 0 saturated carbocycles. The highest BCUT2D eigenvalue weighted by Crippen LogP contribution is 2.43. The molecule has 1 aromatic heterocycles. The van der Waals surface area contributed by atoms with Crippen LogP contribution in [0.4, 0.5) is 10.2 Å². The molecule has 8 nitrogen and oxygen atoms in total. The number of phenolic OH excluding ortho intramolecular Hbond substituents is 1. The van der Waals surface area contributed by atoms with Crippen LogP contribution >= 0.6 is 11.6 Å². The Kier molecular flexibility index (Phi) is 8.13. The molecule has 242 valence electrons. The lowest BCUT2D eigenvalue weighted by Gasteiger charge is -2.33. The molecular weight excluding hydrogens is 605 g/mol. The smallest absolute Gasteiger partial charge is 0.319 e. The predicted molar refractivity (Wildman–Crippen MR) is 179 cm³/mol. The van der Waals surface area contributed by atoms with E-state index in [4.69, 9.17) is 26.1 Å². The van der Waals surface area contributed by atoms with E-state index in [9.17, 15) is 5.11 Å². The maximum absolute atomic E-state index is 16.8. The summed E-state index contributed by atoms with van der Waals surface area (Å²) in [4.78, 5) is 14.4. The van der Waals surface area contributed by atoms with E-state index >= 15 is 4.39 Å². The number of phenols is 1. The number of aromatic nitrogens is 2. The molecule has 4 saturated heterocycles. The van der Waals surface area contributed by atoms with Crippen LogP contribution in [0.15, 0.2) is 42.5 Å². The molecule has 2 N–H and O–H groups in total. The third-order valence-corrected chi connectivity index (χ3v) is 11.0. The molecule has 0 amide bonds. The van der Waals surface area contributed by atoms with Crippen molar-refractivity contribution in [1.82, 2.24) is 20.2 Å². The van der Waals surface area contributed by atoms with Gasteiger partial charge in [0.25, 0.3) is 0 Å². The Labute approximate surface area is 273 Å². The second-order valence-electron chi connectivity index (χ2n) is 13.8. The first-order valence-corrected chi connectivity index (χ1v) is 17.2. The third kappa shape index (κ3) is 5.76. The minimum absolute atomic E-state index is 0.0459. The zero-order valence-corrected chi connectivity index (χ0v) is 26.9. The van der Waals surface area contributed by atoms with E-state index in [0.717, 1.165) is 95.4 Å². The molecule has 2 bridgehead atoms. The van der Waals surface area contributed by atoms with E-state index < -0.39 is 5.82 Å². The van der Waals surface area contributed by atoms with E-state index in [1.54, 1.807) is 18.2 Å². The Morgan fingerprint density at radius 2 is 1.96 bits per heavy atom. The highest BCUT2D eigenvalue weighted by molar-refractivity contribution is 6.35. The SMILES string of the molecule is Oc1cc(-c2c(Cl)cc3c(N4CCC5CNC(C5)C4)nc(OCCCN4CCC5(CCOCC5)C4)nc3c2F)c2ccccc2c1. The van der Waals surface area contributed by atoms with E-state index in [2.05, 4.69) is 20.1 Å². The van der Waals surface area contributed by atoms with E-state index in [1.807, 2.05) is 24.3 Å². The van der Waals surface area contributed by atoms with Gasteiger partial charge in [-0.3, -0.25) is 0 Å². The van der Waals surface area contributed by atoms with Crippen molar-refractivity contribution in [3.63, 3.8) is 0 Å². The van der Waals surface area contributed by atoms with Crippen molar-refractivity contribution in [2.75, 3.05) is 64.0 Å². The first-order chi connectivity index (χ1) is 22.4. The minimum atomic E-state index is -0.542. The molecule has 0 aliphatic carbocycles. The summed E-state index contributed by atoms with van der Waals surface area (Å²) in [6, 6.07) is 13.2. The normalized spacial score (nSPS) is 23.0. The number of rotatable bonds is 7. The summed E-state index contributed by atoms with van der Waals surface area (Å²) >= 11 is 6.91. The average Bonchev–Trinajstić information content (AvgIpc) is 3.60. The molecule has 0 radical (unpaired) electrons. The second kappa shape index (κ2) is 12.4. The van der Waals surface area contributed by atoms with Gasteiger partial charge >= 0.3 is 6.01 Å². The van der Waals surface area contributed by atoms with Gasteiger partial charge in [0.05, 0.1) is 11.6 Å². The molecule has 3 aromatic carbocycles. The summed E-state index contributed by atoms with van der Waals surface area (Å²) in [5, 5.41) is 16.6. The van der Waals surface area contributed by atoms with Crippen molar-refractivity contribution in [3.8, 4) is 22.9 Å². The van der Waals surface area contributed by atoms with Gasteiger partial charge in [0.1, 0.15) is 17.1 Å². The van der Waals surface area contributed by atoms with E-state index in [1.165, 1.54) is 6.42 Å². The highest BCUT2D eigenvalue weighted by Gasteiger charge is 2.39. The fraction of sp³-hybridized carbons (Fsp3) is 0.500. The molecule has 5 heterocycles. The summed E-state index contributed by atoms with van der Waals surface area (Å²) in [5.41, 5.74) is 1.32. The number of benzene rings is 3. The molecule has 10 heteroatoms. The molecule has 4 aromatic rings. The molecule has 4 aliphatic heterocycles. The Morgan fingerprint density at radius 3 is 2.85 bits per heavy atom.